The summed E-state index contributed by atoms with van der Waals surface area (Å²) in [5.41, 5.74) is 7.72. The summed E-state index contributed by atoms with van der Waals surface area (Å²) in [7, 11) is 0. The maximum absolute atomic E-state index is 11.9. The lowest BCUT2D eigenvalue weighted by atomic mass is 9.98. The molecule has 3 heteroatoms. The number of benzene rings is 2. The molecule has 3 N–H and O–H groups in total. The monoisotopic (exact) mass is 254 g/mol. The maximum Gasteiger partial charge on any atom is 0.237 e. The summed E-state index contributed by atoms with van der Waals surface area (Å²) >= 11 is 0. The van der Waals surface area contributed by atoms with Gasteiger partial charge in [0.1, 0.15) is 0 Å². The molecule has 0 unspecified atom stereocenters. The lowest BCUT2D eigenvalue weighted by Gasteiger charge is -2.21. The fraction of sp³-hybridized carbons (Fsp3) is 0.188. The molecule has 0 saturated heterocycles. The fourth-order valence-electron chi connectivity index (χ4n) is 1.92. The first kappa shape index (κ1) is 13.3. The van der Waals surface area contributed by atoms with Crippen LogP contribution >= 0.6 is 0 Å². The first-order valence-corrected chi connectivity index (χ1v) is 6.34. The van der Waals surface area contributed by atoms with Gasteiger partial charge in [0.15, 0.2) is 0 Å². The largest absolute Gasteiger partial charge is 0.344 e. The summed E-state index contributed by atoms with van der Waals surface area (Å²) < 4.78 is 0. The third-order valence-corrected chi connectivity index (χ3v) is 2.97. The number of carbonyl (C=O) groups is 1. The molecule has 0 saturated carbocycles. The fourth-order valence-corrected chi connectivity index (χ4v) is 1.92. The van der Waals surface area contributed by atoms with Gasteiger partial charge in [0.25, 0.3) is 0 Å². The Morgan fingerprint density at radius 2 is 1.37 bits per heavy atom. The first-order chi connectivity index (χ1) is 9.18. The van der Waals surface area contributed by atoms with Gasteiger partial charge in [-0.05, 0) is 18.1 Å². The minimum absolute atomic E-state index is 0.155. The van der Waals surface area contributed by atoms with E-state index in [9.17, 15) is 4.79 Å². The maximum atomic E-state index is 11.9. The Balaban J connectivity index is 2.32. The van der Waals surface area contributed by atoms with Crippen LogP contribution in [-0.2, 0) is 4.79 Å². The van der Waals surface area contributed by atoms with Crippen LogP contribution < -0.4 is 11.1 Å². The van der Waals surface area contributed by atoms with Crippen molar-refractivity contribution in [2.45, 2.75) is 19.0 Å². The van der Waals surface area contributed by atoms with E-state index >= 15 is 0 Å². The standard InChI is InChI=1S/C16H18N2O/c1-12(17)16(19)18-15(13-8-4-2-5-9-13)14-10-6-3-7-11-14/h2-12,15H,17H2,1H3,(H,18,19)/t12-/m0/s1. The van der Waals surface area contributed by atoms with E-state index in [-0.39, 0.29) is 11.9 Å². The van der Waals surface area contributed by atoms with Gasteiger partial charge in [-0.2, -0.15) is 0 Å². The molecular formula is C16H18N2O. The van der Waals surface area contributed by atoms with Crippen LogP contribution in [0.4, 0.5) is 0 Å². The van der Waals surface area contributed by atoms with Crippen molar-refractivity contribution < 1.29 is 4.79 Å². The van der Waals surface area contributed by atoms with E-state index in [1.165, 1.54) is 0 Å². The van der Waals surface area contributed by atoms with Crippen LogP contribution in [0.1, 0.15) is 24.1 Å². The third kappa shape index (κ3) is 3.42. The molecule has 0 aliphatic carbocycles. The molecule has 19 heavy (non-hydrogen) atoms. The highest BCUT2D eigenvalue weighted by molar-refractivity contribution is 5.81. The van der Waals surface area contributed by atoms with Gasteiger partial charge in [0, 0.05) is 0 Å². The molecule has 0 heterocycles. The smallest absolute Gasteiger partial charge is 0.237 e. The highest BCUT2D eigenvalue weighted by atomic mass is 16.2. The van der Waals surface area contributed by atoms with E-state index in [0.29, 0.717) is 0 Å². The molecule has 2 aromatic rings. The van der Waals surface area contributed by atoms with Crippen molar-refractivity contribution in [1.82, 2.24) is 5.32 Å². The predicted octanol–water partition coefficient (Wildman–Crippen LogP) is 2.24. The topological polar surface area (TPSA) is 55.1 Å². The van der Waals surface area contributed by atoms with Gasteiger partial charge in [-0.1, -0.05) is 60.7 Å². The lowest BCUT2D eigenvalue weighted by Crippen LogP contribution is -2.40. The SMILES string of the molecule is C[C@H](N)C(=O)NC(c1ccccc1)c1ccccc1. The zero-order valence-electron chi connectivity index (χ0n) is 10.9. The normalized spacial score (nSPS) is 12.2. The number of nitrogens with one attached hydrogen (secondary N) is 1. The van der Waals surface area contributed by atoms with E-state index in [0.717, 1.165) is 11.1 Å². The van der Waals surface area contributed by atoms with E-state index in [1.54, 1.807) is 6.92 Å². The molecule has 0 aromatic heterocycles. The van der Waals surface area contributed by atoms with Gasteiger partial charge in [0.2, 0.25) is 5.91 Å². The summed E-state index contributed by atoms with van der Waals surface area (Å²) in [5.74, 6) is -0.155. The Labute approximate surface area is 113 Å². The summed E-state index contributed by atoms with van der Waals surface area (Å²) in [6.07, 6.45) is 0. The van der Waals surface area contributed by atoms with Gasteiger partial charge in [-0.25, -0.2) is 0 Å². The minimum atomic E-state index is -0.519. The van der Waals surface area contributed by atoms with Crippen molar-refractivity contribution in [1.29, 1.82) is 0 Å². The molecule has 1 amide bonds. The van der Waals surface area contributed by atoms with Crippen LogP contribution in [0.25, 0.3) is 0 Å². The van der Waals surface area contributed by atoms with Gasteiger partial charge in [-0.3, -0.25) is 4.79 Å². The first-order valence-electron chi connectivity index (χ1n) is 6.34. The average Bonchev–Trinajstić information content (AvgIpc) is 2.46. The molecule has 2 aromatic carbocycles. The number of hydrogen-bond acceptors (Lipinski definition) is 2. The third-order valence-electron chi connectivity index (χ3n) is 2.97. The van der Waals surface area contributed by atoms with E-state index < -0.39 is 6.04 Å². The molecule has 0 fully saturated rings. The molecule has 2 rings (SSSR count). The highest BCUT2D eigenvalue weighted by Gasteiger charge is 2.18. The minimum Gasteiger partial charge on any atom is -0.344 e. The summed E-state index contributed by atoms with van der Waals surface area (Å²) in [4.78, 5) is 11.9. The van der Waals surface area contributed by atoms with Gasteiger partial charge >= 0.3 is 0 Å². The zero-order valence-corrected chi connectivity index (χ0v) is 10.9. The molecule has 3 nitrogen and oxygen atoms in total. The molecular weight excluding hydrogens is 236 g/mol. The number of carbonyl (C=O) groups excluding carboxylic acids is 1. The molecule has 98 valence electrons. The van der Waals surface area contributed by atoms with Crippen molar-refractivity contribution in [3.63, 3.8) is 0 Å². The number of rotatable bonds is 4. The second kappa shape index (κ2) is 6.16. The second-order valence-electron chi connectivity index (χ2n) is 4.55. The van der Waals surface area contributed by atoms with Crippen LogP contribution in [-0.4, -0.2) is 11.9 Å². The van der Waals surface area contributed by atoms with Crippen LogP contribution in [0, 0.1) is 0 Å². The van der Waals surface area contributed by atoms with Crippen molar-refractivity contribution >= 4 is 5.91 Å². The Hall–Kier alpha value is -2.13. The average molecular weight is 254 g/mol. The summed E-state index contributed by atoms with van der Waals surface area (Å²) in [6, 6.07) is 19.1. The summed E-state index contributed by atoms with van der Waals surface area (Å²) in [5, 5.41) is 2.99. The van der Waals surface area contributed by atoms with Crippen molar-refractivity contribution in [3.8, 4) is 0 Å². The Bertz CT molecular complexity index is 483. The Morgan fingerprint density at radius 3 is 1.74 bits per heavy atom. The lowest BCUT2D eigenvalue weighted by molar-refractivity contribution is -0.122. The van der Waals surface area contributed by atoms with Crippen LogP contribution in [0.2, 0.25) is 0 Å². The molecule has 0 aliphatic heterocycles. The van der Waals surface area contributed by atoms with Gasteiger partial charge in [-0.15, -0.1) is 0 Å². The Morgan fingerprint density at radius 1 is 0.947 bits per heavy atom. The van der Waals surface area contributed by atoms with Crippen LogP contribution in [0.5, 0.6) is 0 Å². The molecule has 0 radical (unpaired) electrons. The van der Waals surface area contributed by atoms with E-state index in [4.69, 9.17) is 5.73 Å². The van der Waals surface area contributed by atoms with Crippen molar-refractivity contribution in [2.24, 2.45) is 5.73 Å². The zero-order chi connectivity index (χ0) is 13.7. The quantitative estimate of drug-likeness (QED) is 0.879. The highest BCUT2D eigenvalue weighted by Crippen LogP contribution is 2.21. The Kier molecular flexibility index (Phi) is 4.31. The van der Waals surface area contributed by atoms with Crippen molar-refractivity contribution in [3.05, 3.63) is 71.8 Å². The number of hydrogen-bond donors (Lipinski definition) is 2. The van der Waals surface area contributed by atoms with E-state index in [2.05, 4.69) is 5.32 Å². The molecule has 0 aliphatic rings. The predicted molar refractivity (Wildman–Crippen MR) is 76.5 cm³/mol. The second-order valence-corrected chi connectivity index (χ2v) is 4.55. The van der Waals surface area contributed by atoms with Gasteiger partial charge < -0.3 is 11.1 Å². The van der Waals surface area contributed by atoms with Crippen molar-refractivity contribution in [2.75, 3.05) is 0 Å². The van der Waals surface area contributed by atoms with Crippen LogP contribution in [0.15, 0.2) is 60.7 Å². The number of nitrogens with two attached hydrogens (primary N) is 1. The van der Waals surface area contributed by atoms with Gasteiger partial charge in [0.05, 0.1) is 12.1 Å². The molecule has 0 spiro atoms. The molecule has 1 atom stereocenters. The molecule has 0 bridgehead atoms. The van der Waals surface area contributed by atoms with Crippen LogP contribution in [0.3, 0.4) is 0 Å². The number of amides is 1. The van der Waals surface area contributed by atoms with E-state index in [1.807, 2.05) is 60.7 Å². The summed E-state index contributed by atoms with van der Waals surface area (Å²) in [6.45, 7) is 1.68.